The van der Waals surface area contributed by atoms with Crippen LogP contribution in [0.4, 0.5) is 0 Å². The topological polar surface area (TPSA) is 63.1 Å². The second-order valence-electron chi connectivity index (χ2n) is 5.13. The number of H-pyrrole nitrogens is 1. The Morgan fingerprint density at radius 3 is 2.75 bits per heavy atom. The third-order valence-electron chi connectivity index (χ3n) is 3.41. The summed E-state index contributed by atoms with van der Waals surface area (Å²) in [4.78, 5) is 21.4. The highest BCUT2D eigenvalue weighted by molar-refractivity contribution is 5.74. The van der Waals surface area contributed by atoms with Gasteiger partial charge < -0.3 is 0 Å². The van der Waals surface area contributed by atoms with Crippen molar-refractivity contribution in [3.05, 3.63) is 52.2 Å². The van der Waals surface area contributed by atoms with Crippen LogP contribution < -0.4 is 5.56 Å². The summed E-state index contributed by atoms with van der Waals surface area (Å²) in [5.41, 5.74) is 3.75. The van der Waals surface area contributed by atoms with Crippen LogP contribution in [0.1, 0.15) is 31.0 Å². The number of rotatable bonds is 2. The van der Waals surface area contributed by atoms with E-state index in [0.29, 0.717) is 5.65 Å². The van der Waals surface area contributed by atoms with Crippen molar-refractivity contribution in [2.45, 2.75) is 26.7 Å². The first kappa shape index (κ1) is 12.6. The molecule has 0 aliphatic carbocycles. The predicted octanol–water partition coefficient (Wildman–Crippen LogP) is 2.52. The summed E-state index contributed by atoms with van der Waals surface area (Å²) in [6, 6.07) is 5.68. The maximum atomic E-state index is 12.5. The van der Waals surface area contributed by atoms with E-state index in [1.807, 2.05) is 39.0 Å². The van der Waals surface area contributed by atoms with E-state index in [4.69, 9.17) is 0 Å². The molecule has 0 aromatic carbocycles. The van der Waals surface area contributed by atoms with Crippen LogP contribution in [0.25, 0.3) is 16.9 Å². The van der Waals surface area contributed by atoms with Gasteiger partial charge in [0.1, 0.15) is 0 Å². The first-order chi connectivity index (χ1) is 9.59. The number of aromatic nitrogens is 4. The summed E-state index contributed by atoms with van der Waals surface area (Å²) >= 11 is 0. The first-order valence-corrected chi connectivity index (χ1v) is 6.61. The predicted molar refractivity (Wildman–Crippen MR) is 77.9 cm³/mol. The average molecular weight is 268 g/mol. The fourth-order valence-electron chi connectivity index (χ4n) is 2.51. The molecule has 0 aliphatic heterocycles. The Labute approximate surface area is 116 Å². The Morgan fingerprint density at radius 1 is 1.30 bits per heavy atom. The molecular weight excluding hydrogens is 252 g/mol. The smallest absolute Gasteiger partial charge is 0.276 e. The zero-order valence-electron chi connectivity index (χ0n) is 11.7. The molecule has 0 saturated heterocycles. The molecule has 0 saturated carbocycles. The van der Waals surface area contributed by atoms with Crippen LogP contribution in [0, 0.1) is 6.92 Å². The van der Waals surface area contributed by atoms with Gasteiger partial charge in [-0.3, -0.25) is 14.9 Å². The minimum absolute atomic E-state index is 0.0373. The summed E-state index contributed by atoms with van der Waals surface area (Å²) in [7, 11) is 0. The van der Waals surface area contributed by atoms with Crippen LogP contribution in [0.2, 0.25) is 0 Å². The molecular formula is C15H16N4O. The molecule has 5 nitrogen and oxygen atoms in total. The van der Waals surface area contributed by atoms with Gasteiger partial charge in [-0.15, -0.1) is 0 Å². The van der Waals surface area contributed by atoms with E-state index in [1.54, 1.807) is 12.4 Å². The molecule has 0 unspecified atom stereocenters. The maximum absolute atomic E-state index is 12.5. The van der Waals surface area contributed by atoms with Gasteiger partial charge in [-0.05, 0) is 25.0 Å². The number of aromatic amines is 1. The molecule has 102 valence electrons. The Bertz CT molecular complexity index is 815. The highest BCUT2D eigenvalue weighted by Gasteiger charge is 2.16. The molecule has 3 aromatic rings. The number of hydrogen-bond acceptors (Lipinski definition) is 3. The van der Waals surface area contributed by atoms with Crippen molar-refractivity contribution in [1.82, 2.24) is 19.6 Å². The maximum Gasteiger partial charge on any atom is 0.276 e. The van der Waals surface area contributed by atoms with E-state index in [2.05, 4.69) is 15.1 Å². The van der Waals surface area contributed by atoms with Crippen molar-refractivity contribution < 1.29 is 0 Å². The Balaban J connectivity index is 2.33. The van der Waals surface area contributed by atoms with Crippen molar-refractivity contribution in [3.8, 4) is 11.3 Å². The van der Waals surface area contributed by atoms with Crippen molar-refractivity contribution in [2.75, 3.05) is 0 Å². The lowest BCUT2D eigenvalue weighted by Crippen LogP contribution is -2.22. The lowest BCUT2D eigenvalue weighted by molar-refractivity contribution is 0.780. The molecule has 0 atom stereocenters. The summed E-state index contributed by atoms with van der Waals surface area (Å²) in [6.45, 7) is 5.88. The molecule has 3 rings (SSSR count). The van der Waals surface area contributed by atoms with E-state index >= 15 is 0 Å². The Hall–Kier alpha value is -2.43. The number of hydrogen-bond donors (Lipinski definition) is 1. The number of aryl methyl sites for hydroxylation is 1. The van der Waals surface area contributed by atoms with Gasteiger partial charge in [-0.1, -0.05) is 19.9 Å². The van der Waals surface area contributed by atoms with Gasteiger partial charge in [0.2, 0.25) is 0 Å². The van der Waals surface area contributed by atoms with Crippen LogP contribution in [0.3, 0.4) is 0 Å². The van der Waals surface area contributed by atoms with E-state index in [-0.39, 0.29) is 11.5 Å². The van der Waals surface area contributed by atoms with E-state index in [1.165, 1.54) is 4.52 Å². The van der Waals surface area contributed by atoms with Crippen molar-refractivity contribution in [3.63, 3.8) is 0 Å². The normalized spacial score (nSPS) is 11.4. The van der Waals surface area contributed by atoms with Crippen LogP contribution in [-0.2, 0) is 0 Å². The molecule has 1 N–H and O–H groups in total. The first-order valence-electron chi connectivity index (χ1n) is 6.61. The van der Waals surface area contributed by atoms with Crippen LogP contribution in [0.5, 0.6) is 0 Å². The molecule has 3 heterocycles. The van der Waals surface area contributed by atoms with Gasteiger partial charge in [-0.25, -0.2) is 9.50 Å². The molecule has 0 bridgehead atoms. The molecule has 0 aliphatic rings. The zero-order valence-corrected chi connectivity index (χ0v) is 11.7. The number of nitrogens with zero attached hydrogens (tertiary/aromatic N) is 3. The largest absolute Gasteiger partial charge is 0.296 e. The van der Waals surface area contributed by atoms with Crippen molar-refractivity contribution in [1.29, 1.82) is 0 Å². The van der Waals surface area contributed by atoms with Gasteiger partial charge in [0.15, 0.2) is 5.65 Å². The monoisotopic (exact) mass is 268 g/mol. The summed E-state index contributed by atoms with van der Waals surface area (Å²) in [5, 5.41) is 2.98. The average Bonchev–Trinajstić information content (AvgIpc) is 2.83. The lowest BCUT2D eigenvalue weighted by atomic mass is 10.0. The molecule has 5 heteroatoms. The molecule has 3 aromatic heterocycles. The SMILES string of the molecule is Cc1nc2c(-c3ccccn3)c[nH]n2c(=O)c1C(C)C. The second-order valence-corrected chi connectivity index (χ2v) is 5.13. The Kier molecular flexibility index (Phi) is 2.89. The summed E-state index contributed by atoms with van der Waals surface area (Å²) in [5.74, 6) is 0.147. The van der Waals surface area contributed by atoms with E-state index in [9.17, 15) is 4.79 Å². The molecule has 0 radical (unpaired) electrons. The van der Waals surface area contributed by atoms with Crippen molar-refractivity contribution in [2.24, 2.45) is 0 Å². The number of pyridine rings is 1. The highest BCUT2D eigenvalue weighted by Crippen LogP contribution is 2.22. The van der Waals surface area contributed by atoms with Crippen LogP contribution in [0.15, 0.2) is 35.4 Å². The number of fused-ring (bicyclic) bond motifs is 1. The lowest BCUT2D eigenvalue weighted by Gasteiger charge is -2.08. The third-order valence-corrected chi connectivity index (χ3v) is 3.41. The second kappa shape index (κ2) is 4.59. The molecule has 0 spiro atoms. The summed E-state index contributed by atoms with van der Waals surface area (Å²) < 4.78 is 1.49. The van der Waals surface area contributed by atoms with Gasteiger partial charge >= 0.3 is 0 Å². The zero-order chi connectivity index (χ0) is 14.3. The van der Waals surface area contributed by atoms with Gasteiger partial charge in [0, 0.05) is 23.7 Å². The number of nitrogens with one attached hydrogen (secondary N) is 1. The van der Waals surface area contributed by atoms with Gasteiger partial charge in [-0.2, -0.15) is 0 Å². The minimum atomic E-state index is -0.0373. The standard InChI is InChI=1S/C15H16N4O/c1-9(2)13-10(3)18-14-11(8-17-19(14)15(13)20)12-6-4-5-7-16-12/h4-9,17H,1-3H3. The molecule has 0 amide bonds. The van der Waals surface area contributed by atoms with E-state index < -0.39 is 0 Å². The third kappa shape index (κ3) is 1.82. The van der Waals surface area contributed by atoms with Gasteiger partial charge in [0.25, 0.3) is 5.56 Å². The fourth-order valence-corrected chi connectivity index (χ4v) is 2.51. The summed E-state index contributed by atoms with van der Waals surface area (Å²) in [6.07, 6.45) is 3.50. The fraction of sp³-hybridized carbons (Fsp3) is 0.267. The van der Waals surface area contributed by atoms with Crippen LogP contribution >= 0.6 is 0 Å². The molecule has 20 heavy (non-hydrogen) atoms. The quantitative estimate of drug-likeness (QED) is 0.776. The van der Waals surface area contributed by atoms with E-state index in [0.717, 1.165) is 22.5 Å². The highest BCUT2D eigenvalue weighted by atomic mass is 16.1. The molecule has 0 fully saturated rings. The minimum Gasteiger partial charge on any atom is -0.296 e. The van der Waals surface area contributed by atoms with Crippen molar-refractivity contribution >= 4 is 5.65 Å². The van der Waals surface area contributed by atoms with Gasteiger partial charge in [0.05, 0.1) is 11.3 Å². The van der Waals surface area contributed by atoms with Crippen LogP contribution in [-0.4, -0.2) is 19.6 Å². The Morgan fingerprint density at radius 2 is 2.10 bits per heavy atom.